The normalized spacial score (nSPS) is 15.3. The molecule has 0 atom stereocenters. The third-order valence-electron chi connectivity index (χ3n) is 3.32. The summed E-state index contributed by atoms with van der Waals surface area (Å²) in [7, 11) is 0. The van der Waals surface area contributed by atoms with Gasteiger partial charge < -0.3 is 15.1 Å². The lowest BCUT2D eigenvalue weighted by molar-refractivity contribution is 0.0763. The largest absolute Gasteiger partial charge is 0.508 e. The number of hydrogen-bond acceptors (Lipinski definition) is 4. The molecule has 4 nitrogen and oxygen atoms in total. The lowest BCUT2D eigenvalue weighted by atomic mass is 10.1. The van der Waals surface area contributed by atoms with Gasteiger partial charge in [-0.15, -0.1) is 11.8 Å². The number of phenolic OH excluding ortho intramolecular Hbond substituents is 2. The van der Waals surface area contributed by atoms with Gasteiger partial charge in [-0.3, -0.25) is 4.79 Å². The Balaban J connectivity index is 2.25. The van der Waals surface area contributed by atoms with Crippen LogP contribution in [0.4, 0.5) is 0 Å². The summed E-state index contributed by atoms with van der Waals surface area (Å²) in [4.78, 5) is 15.3. The molecular formula is C15H17NO3S. The van der Waals surface area contributed by atoms with Gasteiger partial charge in [-0.25, -0.2) is 0 Å². The van der Waals surface area contributed by atoms with E-state index in [1.165, 1.54) is 23.1 Å². The highest BCUT2D eigenvalue weighted by atomic mass is 32.2. The highest BCUT2D eigenvalue weighted by Gasteiger charge is 2.24. The van der Waals surface area contributed by atoms with E-state index in [9.17, 15) is 15.0 Å². The number of aromatic hydroxyl groups is 2. The van der Waals surface area contributed by atoms with Crippen molar-refractivity contribution in [2.24, 2.45) is 0 Å². The van der Waals surface area contributed by atoms with E-state index in [-0.39, 0.29) is 23.0 Å². The zero-order valence-corrected chi connectivity index (χ0v) is 12.1. The van der Waals surface area contributed by atoms with Gasteiger partial charge in [0.1, 0.15) is 11.5 Å². The Labute approximate surface area is 122 Å². The van der Waals surface area contributed by atoms with Gasteiger partial charge >= 0.3 is 0 Å². The van der Waals surface area contributed by atoms with Gasteiger partial charge in [-0.2, -0.15) is 0 Å². The van der Waals surface area contributed by atoms with Crippen molar-refractivity contribution in [1.29, 1.82) is 0 Å². The first kappa shape index (κ1) is 14.5. The molecule has 0 aromatic heterocycles. The number of carbonyl (C=O) groups is 1. The Morgan fingerprint density at radius 3 is 2.85 bits per heavy atom. The third kappa shape index (κ3) is 2.82. The Kier molecular flexibility index (Phi) is 4.39. The van der Waals surface area contributed by atoms with Crippen LogP contribution in [0.15, 0.2) is 41.3 Å². The van der Waals surface area contributed by atoms with Gasteiger partial charge in [0, 0.05) is 13.1 Å². The van der Waals surface area contributed by atoms with Crippen molar-refractivity contribution in [2.75, 3.05) is 19.3 Å². The van der Waals surface area contributed by atoms with Crippen LogP contribution in [0.25, 0.3) is 0 Å². The van der Waals surface area contributed by atoms with Gasteiger partial charge in [0.2, 0.25) is 0 Å². The van der Waals surface area contributed by atoms with Crippen LogP contribution in [-0.2, 0) is 0 Å². The molecule has 20 heavy (non-hydrogen) atoms. The number of thioether (sulfide) groups is 1. The number of rotatable bonds is 3. The van der Waals surface area contributed by atoms with Crippen LogP contribution >= 0.6 is 11.8 Å². The van der Waals surface area contributed by atoms with Crippen molar-refractivity contribution in [3.05, 3.63) is 46.9 Å². The monoisotopic (exact) mass is 291 g/mol. The van der Waals surface area contributed by atoms with Crippen LogP contribution in [-0.4, -0.2) is 40.4 Å². The summed E-state index contributed by atoms with van der Waals surface area (Å²) < 4.78 is 0. The summed E-state index contributed by atoms with van der Waals surface area (Å²) in [6.45, 7) is 4.86. The standard InChI is InChI=1S/C15H17NO3S/c1-3-10-9-16(7-6-14(10)20-2)15(19)12-8-11(17)4-5-13(12)18/h3-5,8,17-18H,1,6-7,9H2,2H3. The number of hydrogen-bond donors (Lipinski definition) is 2. The van der Waals surface area contributed by atoms with Crippen LogP contribution < -0.4 is 0 Å². The van der Waals surface area contributed by atoms with Crippen LogP contribution in [0.1, 0.15) is 16.8 Å². The topological polar surface area (TPSA) is 60.8 Å². The average Bonchev–Trinajstić information content (AvgIpc) is 2.48. The van der Waals surface area contributed by atoms with Gasteiger partial charge in [-0.05, 0) is 41.4 Å². The Morgan fingerprint density at radius 2 is 2.20 bits per heavy atom. The molecule has 2 rings (SSSR count). The van der Waals surface area contributed by atoms with E-state index < -0.39 is 0 Å². The third-order valence-corrected chi connectivity index (χ3v) is 4.28. The maximum Gasteiger partial charge on any atom is 0.258 e. The zero-order chi connectivity index (χ0) is 14.7. The van der Waals surface area contributed by atoms with Crippen molar-refractivity contribution in [3.63, 3.8) is 0 Å². The van der Waals surface area contributed by atoms with Crippen molar-refractivity contribution in [3.8, 4) is 11.5 Å². The van der Waals surface area contributed by atoms with Crippen molar-refractivity contribution < 1.29 is 15.0 Å². The molecule has 0 saturated heterocycles. The second-order valence-corrected chi connectivity index (χ2v) is 5.44. The fourth-order valence-corrected chi connectivity index (χ4v) is 2.93. The van der Waals surface area contributed by atoms with E-state index in [0.29, 0.717) is 13.1 Å². The summed E-state index contributed by atoms with van der Waals surface area (Å²) in [5, 5.41) is 19.2. The molecule has 1 aliphatic rings. The first-order valence-corrected chi connectivity index (χ1v) is 7.49. The minimum absolute atomic E-state index is 0.0348. The van der Waals surface area contributed by atoms with E-state index in [1.807, 2.05) is 6.26 Å². The molecule has 1 aromatic carbocycles. The molecule has 0 unspecified atom stereocenters. The zero-order valence-electron chi connectivity index (χ0n) is 11.3. The fraction of sp³-hybridized carbons (Fsp3) is 0.267. The van der Waals surface area contributed by atoms with Crippen LogP contribution in [0.5, 0.6) is 11.5 Å². The van der Waals surface area contributed by atoms with Crippen LogP contribution in [0.2, 0.25) is 0 Å². The maximum atomic E-state index is 12.4. The smallest absolute Gasteiger partial charge is 0.258 e. The first-order chi connectivity index (χ1) is 9.56. The molecule has 0 radical (unpaired) electrons. The van der Waals surface area contributed by atoms with E-state index in [0.717, 1.165) is 12.0 Å². The van der Waals surface area contributed by atoms with E-state index in [2.05, 4.69) is 6.58 Å². The molecular weight excluding hydrogens is 274 g/mol. The lowest BCUT2D eigenvalue weighted by Gasteiger charge is -2.29. The molecule has 0 fully saturated rings. The SMILES string of the molecule is C=CC1=C(SC)CCN(C(=O)c2cc(O)ccc2O)C1. The first-order valence-electron chi connectivity index (χ1n) is 6.26. The van der Waals surface area contributed by atoms with Gasteiger partial charge in [-0.1, -0.05) is 12.7 Å². The molecule has 106 valence electrons. The van der Waals surface area contributed by atoms with Crippen molar-refractivity contribution in [1.82, 2.24) is 4.90 Å². The summed E-state index contributed by atoms with van der Waals surface area (Å²) >= 11 is 1.67. The predicted octanol–water partition coefficient (Wildman–Crippen LogP) is 2.75. The van der Waals surface area contributed by atoms with Gasteiger partial charge in [0.15, 0.2) is 0 Å². The Hall–Kier alpha value is -1.88. The Bertz CT molecular complexity index is 580. The van der Waals surface area contributed by atoms with Crippen molar-refractivity contribution >= 4 is 17.7 Å². The Morgan fingerprint density at radius 1 is 1.45 bits per heavy atom. The number of carbonyl (C=O) groups excluding carboxylic acids is 1. The van der Waals surface area contributed by atoms with E-state index >= 15 is 0 Å². The number of amides is 1. The molecule has 0 spiro atoms. The summed E-state index contributed by atoms with van der Waals surface area (Å²) in [6, 6.07) is 3.96. The maximum absolute atomic E-state index is 12.4. The molecule has 0 bridgehead atoms. The predicted molar refractivity (Wildman–Crippen MR) is 81.0 cm³/mol. The van der Waals surface area contributed by atoms with Gasteiger partial charge in [0.25, 0.3) is 5.91 Å². The second kappa shape index (κ2) is 6.05. The van der Waals surface area contributed by atoms with E-state index in [1.54, 1.807) is 22.7 Å². The molecule has 0 saturated carbocycles. The molecule has 0 aliphatic carbocycles. The molecule has 1 amide bonds. The average molecular weight is 291 g/mol. The van der Waals surface area contributed by atoms with Crippen LogP contribution in [0.3, 0.4) is 0 Å². The molecule has 5 heteroatoms. The minimum atomic E-state index is -0.280. The highest BCUT2D eigenvalue weighted by Crippen LogP contribution is 2.29. The summed E-state index contributed by atoms with van der Waals surface area (Å²) in [5.74, 6) is -0.432. The van der Waals surface area contributed by atoms with Crippen LogP contribution in [0, 0.1) is 0 Å². The molecule has 1 heterocycles. The molecule has 1 aromatic rings. The number of phenols is 2. The molecule has 1 aliphatic heterocycles. The van der Waals surface area contributed by atoms with Crippen molar-refractivity contribution in [2.45, 2.75) is 6.42 Å². The quantitative estimate of drug-likeness (QED) is 0.841. The van der Waals surface area contributed by atoms with E-state index in [4.69, 9.17) is 0 Å². The summed E-state index contributed by atoms with van der Waals surface area (Å²) in [5.41, 5.74) is 1.16. The lowest BCUT2D eigenvalue weighted by Crippen LogP contribution is -2.36. The van der Waals surface area contributed by atoms with Gasteiger partial charge in [0.05, 0.1) is 5.56 Å². The minimum Gasteiger partial charge on any atom is -0.508 e. The second-order valence-electron chi connectivity index (χ2n) is 4.53. The molecule has 2 N–H and O–H groups in total. The fourth-order valence-electron chi connectivity index (χ4n) is 2.22. The number of benzene rings is 1. The highest BCUT2D eigenvalue weighted by molar-refractivity contribution is 8.02. The summed E-state index contributed by atoms with van der Waals surface area (Å²) in [6.07, 6.45) is 4.57. The number of nitrogens with zero attached hydrogens (tertiary/aromatic N) is 1.